The third kappa shape index (κ3) is 3.27. The third-order valence-electron chi connectivity index (χ3n) is 2.93. The Balaban J connectivity index is 2.15. The highest BCUT2D eigenvalue weighted by Gasteiger charge is 2.13. The summed E-state index contributed by atoms with van der Waals surface area (Å²) in [4.78, 5) is 10.3. The van der Waals surface area contributed by atoms with Gasteiger partial charge in [-0.05, 0) is 37.1 Å². The van der Waals surface area contributed by atoms with Gasteiger partial charge in [-0.25, -0.2) is 0 Å². The molecule has 0 aliphatic heterocycles. The van der Waals surface area contributed by atoms with E-state index in [0.717, 1.165) is 16.9 Å². The summed E-state index contributed by atoms with van der Waals surface area (Å²) in [5.74, 6) is 0.771. The minimum absolute atomic E-state index is 0.103. The maximum atomic E-state index is 10.8. The van der Waals surface area contributed by atoms with Crippen molar-refractivity contribution in [3.63, 3.8) is 0 Å². The quantitative estimate of drug-likeness (QED) is 0.618. The summed E-state index contributed by atoms with van der Waals surface area (Å²) >= 11 is 5.77. The Hall–Kier alpha value is -2.07. The highest BCUT2D eigenvalue weighted by atomic mass is 35.5. The number of nitro groups is 1. The number of nitrogens with zero attached hydrogens (tertiary/aromatic N) is 1. The maximum Gasteiger partial charge on any atom is 0.288 e. The predicted molar refractivity (Wildman–Crippen MR) is 78.4 cm³/mol. The van der Waals surface area contributed by atoms with E-state index in [-0.39, 0.29) is 17.3 Å². The van der Waals surface area contributed by atoms with Crippen LogP contribution in [-0.2, 0) is 6.61 Å². The van der Waals surface area contributed by atoms with Gasteiger partial charge in [0.15, 0.2) is 0 Å². The van der Waals surface area contributed by atoms with Crippen molar-refractivity contribution in [1.82, 2.24) is 0 Å². The van der Waals surface area contributed by atoms with Crippen LogP contribution in [0.2, 0.25) is 5.02 Å². The van der Waals surface area contributed by atoms with E-state index >= 15 is 0 Å². The minimum Gasteiger partial charge on any atom is -0.489 e. The fourth-order valence-electron chi connectivity index (χ4n) is 1.91. The standard InChI is InChI=1S/C15H14ClNO3/c1-10-3-6-15(11(2)7-10)20-9-12-4-5-13(16)14(8-12)17(18)19/h3-8H,9H2,1-2H3. The molecule has 2 rings (SSSR count). The van der Waals surface area contributed by atoms with Crippen LogP contribution in [0.5, 0.6) is 5.75 Å². The summed E-state index contributed by atoms with van der Waals surface area (Å²) in [6.07, 6.45) is 0. The molecule has 0 fully saturated rings. The van der Waals surface area contributed by atoms with E-state index in [1.165, 1.54) is 12.1 Å². The first kappa shape index (κ1) is 14.3. The van der Waals surface area contributed by atoms with Crippen molar-refractivity contribution in [2.24, 2.45) is 0 Å². The molecule has 0 heterocycles. The van der Waals surface area contributed by atoms with Gasteiger partial charge < -0.3 is 4.74 Å². The Morgan fingerprint density at radius 2 is 1.95 bits per heavy atom. The average molecular weight is 292 g/mol. The molecule has 0 radical (unpaired) electrons. The molecule has 0 N–H and O–H groups in total. The van der Waals surface area contributed by atoms with E-state index in [1.54, 1.807) is 6.07 Å². The van der Waals surface area contributed by atoms with Gasteiger partial charge in [0, 0.05) is 6.07 Å². The maximum absolute atomic E-state index is 10.8. The van der Waals surface area contributed by atoms with E-state index in [2.05, 4.69) is 0 Å². The van der Waals surface area contributed by atoms with Crippen LogP contribution in [-0.4, -0.2) is 4.92 Å². The van der Waals surface area contributed by atoms with Gasteiger partial charge in [-0.1, -0.05) is 35.4 Å². The minimum atomic E-state index is -0.497. The van der Waals surface area contributed by atoms with Crippen LogP contribution in [0, 0.1) is 24.0 Å². The van der Waals surface area contributed by atoms with Crippen LogP contribution in [0.15, 0.2) is 36.4 Å². The molecule has 4 nitrogen and oxygen atoms in total. The first-order valence-corrected chi connectivity index (χ1v) is 6.48. The van der Waals surface area contributed by atoms with Gasteiger partial charge in [0.05, 0.1) is 4.92 Å². The van der Waals surface area contributed by atoms with Crippen molar-refractivity contribution in [2.45, 2.75) is 20.5 Å². The van der Waals surface area contributed by atoms with Crippen molar-refractivity contribution in [1.29, 1.82) is 0 Å². The fraction of sp³-hybridized carbons (Fsp3) is 0.200. The van der Waals surface area contributed by atoms with Gasteiger partial charge >= 0.3 is 0 Å². The molecule has 0 atom stereocenters. The molecule has 0 aliphatic rings. The van der Waals surface area contributed by atoms with Gasteiger partial charge in [0.1, 0.15) is 17.4 Å². The summed E-state index contributed by atoms with van der Waals surface area (Å²) < 4.78 is 5.69. The third-order valence-corrected chi connectivity index (χ3v) is 3.25. The van der Waals surface area contributed by atoms with E-state index in [0.29, 0.717) is 5.56 Å². The molecule has 0 spiro atoms. The molecule has 0 amide bonds. The molecule has 0 aromatic heterocycles. The number of halogens is 1. The van der Waals surface area contributed by atoms with Crippen molar-refractivity contribution in [2.75, 3.05) is 0 Å². The molecule has 0 bridgehead atoms. The number of hydrogen-bond acceptors (Lipinski definition) is 3. The molecule has 5 heteroatoms. The van der Waals surface area contributed by atoms with Crippen molar-refractivity contribution < 1.29 is 9.66 Å². The summed E-state index contributed by atoms with van der Waals surface area (Å²) in [5, 5.41) is 10.9. The second-order valence-electron chi connectivity index (χ2n) is 4.60. The summed E-state index contributed by atoms with van der Waals surface area (Å²) in [7, 11) is 0. The van der Waals surface area contributed by atoms with E-state index in [4.69, 9.17) is 16.3 Å². The van der Waals surface area contributed by atoms with Crippen molar-refractivity contribution >= 4 is 17.3 Å². The molecular weight excluding hydrogens is 278 g/mol. The summed E-state index contributed by atoms with van der Waals surface area (Å²) in [5.41, 5.74) is 2.81. The Bertz CT molecular complexity index is 656. The van der Waals surface area contributed by atoms with E-state index in [9.17, 15) is 10.1 Å². The normalized spacial score (nSPS) is 10.3. The monoisotopic (exact) mass is 291 g/mol. The van der Waals surface area contributed by atoms with Gasteiger partial charge in [0.25, 0.3) is 5.69 Å². The lowest BCUT2D eigenvalue weighted by atomic mass is 10.1. The lowest BCUT2D eigenvalue weighted by Gasteiger charge is -2.10. The number of rotatable bonds is 4. The molecule has 0 aliphatic carbocycles. The first-order chi connectivity index (χ1) is 9.47. The zero-order valence-electron chi connectivity index (χ0n) is 11.2. The molecule has 0 saturated carbocycles. The van der Waals surface area contributed by atoms with E-state index in [1.807, 2.05) is 32.0 Å². The lowest BCUT2D eigenvalue weighted by Crippen LogP contribution is -1.99. The molecule has 2 aromatic rings. The van der Waals surface area contributed by atoms with Crippen LogP contribution in [0.25, 0.3) is 0 Å². The second kappa shape index (κ2) is 5.92. The van der Waals surface area contributed by atoms with Gasteiger partial charge in [-0.3, -0.25) is 10.1 Å². The lowest BCUT2D eigenvalue weighted by molar-refractivity contribution is -0.384. The second-order valence-corrected chi connectivity index (χ2v) is 5.01. The Morgan fingerprint density at radius 1 is 1.20 bits per heavy atom. The molecule has 0 unspecified atom stereocenters. The van der Waals surface area contributed by atoms with Crippen LogP contribution in [0.3, 0.4) is 0 Å². The first-order valence-electron chi connectivity index (χ1n) is 6.10. The highest BCUT2D eigenvalue weighted by Crippen LogP contribution is 2.26. The molecule has 0 saturated heterocycles. The van der Waals surface area contributed by atoms with Crippen LogP contribution < -0.4 is 4.74 Å². The largest absolute Gasteiger partial charge is 0.489 e. The van der Waals surface area contributed by atoms with E-state index < -0.39 is 4.92 Å². The zero-order chi connectivity index (χ0) is 14.7. The van der Waals surface area contributed by atoms with Gasteiger partial charge in [-0.2, -0.15) is 0 Å². The number of benzene rings is 2. The highest BCUT2D eigenvalue weighted by molar-refractivity contribution is 6.32. The number of hydrogen-bond donors (Lipinski definition) is 0. The van der Waals surface area contributed by atoms with Gasteiger partial charge in [0.2, 0.25) is 0 Å². The number of aryl methyl sites for hydroxylation is 2. The predicted octanol–water partition coefficient (Wildman–Crippen LogP) is 4.44. The van der Waals surface area contributed by atoms with Crippen LogP contribution >= 0.6 is 11.6 Å². The topological polar surface area (TPSA) is 52.4 Å². The molecule has 2 aromatic carbocycles. The molecular formula is C15H14ClNO3. The van der Waals surface area contributed by atoms with Crippen molar-refractivity contribution in [3.8, 4) is 5.75 Å². The summed E-state index contributed by atoms with van der Waals surface area (Å²) in [6.45, 7) is 4.24. The Labute approximate surface area is 122 Å². The van der Waals surface area contributed by atoms with Crippen LogP contribution in [0.1, 0.15) is 16.7 Å². The number of ether oxygens (including phenoxy) is 1. The fourth-order valence-corrected chi connectivity index (χ4v) is 2.10. The average Bonchev–Trinajstić information content (AvgIpc) is 2.39. The van der Waals surface area contributed by atoms with Crippen LogP contribution in [0.4, 0.5) is 5.69 Å². The zero-order valence-corrected chi connectivity index (χ0v) is 12.0. The molecule has 104 valence electrons. The molecule has 20 heavy (non-hydrogen) atoms. The number of nitro benzene ring substituents is 1. The summed E-state index contributed by atoms with van der Waals surface area (Å²) in [6, 6.07) is 10.6. The smallest absolute Gasteiger partial charge is 0.288 e. The van der Waals surface area contributed by atoms with Gasteiger partial charge in [-0.15, -0.1) is 0 Å². The SMILES string of the molecule is Cc1ccc(OCc2ccc(Cl)c([N+](=O)[O-])c2)c(C)c1. The Morgan fingerprint density at radius 3 is 2.60 bits per heavy atom. The van der Waals surface area contributed by atoms with Crippen molar-refractivity contribution in [3.05, 3.63) is 68.2 Å². The Kier molecular flexibility index (Phi) is 4.25.